The van der Waals surface area contributed by atoms with E-state index in [9.17, 15) is 4.79 Å². The molecule has 0 N–H and O–H groups in total. The maximum Gasteiger partial charge on any atom is 0.327 e. The van der Waals surface area contributed by atoms with Gasteiger partial charge in [0.25, 0.3) is 0 Å². The van der Waals surface area contributed by atoms with Crippen LogP contribution in [0.5, 0.6) is 0 Å². The molecule has 0 amide bonds. The van der Waals surface area contributed by atoms with Crippen molar-refractivity contribution in [2.45, 2.75) is 6.04 Å². The maximum absolute atomic E-state index is 12.3. The molecule has 0 aliphatic carbocycles. The van der Waals surface area contributed by atoms with Crippen molar-refractivity contribution in [2.75, 3.05) is 38.2 Å². The lowest BCUT2D eigenvalue weighted by atomic mass is 10.0. The summed E-state index contributed by atoms with van der Waals surface area (Å²) in [5.41, 5.74) is 2.02. The Morgan fingerprint density at radius 3 is 2.25 bits per heavy atom. The standard InChI is InChI=1S/C19H21ClN2O2/c1-24-19(23)18(15-7-3-2-4-8-15)22-13-11-21(12-14-22)17-10-6-5-9-16(17)20/h2-10,18H,11-14H2,1H3/t18-/m0/s1. The normalized spacial score (nSPS) is 16.7. The van der Waals surface area contributed by atoms with Crippen LogP contribution < -0.4 is 4.90 Å². The summed E-state index contributed by atoms with van der Waals surface area (Å²) in [5, 5.41) is 0.763. The van der Waals surface area contributed by atoms with Crippen LogP contribution in [-0.2, 0) is 9.53 Å². The van der Waals surface area contributed by atoms with E-state index in [4.69, 9.17) is 16.3 Å². The molecule has 1 aliphatic rings. The highest BCUT2D eigenvalue weighted by molar-refractivity contribution is 6.33. The molecule has 1 fully saturated rings. The predicted molar refractivity (Wildman–Crippen MR) is 96.4 cm³/mol. The van der Waals surface area contributed by atoms with Gasteiger partial charge in [-0.05, 0) is 17.7 Å². The fourth-order valence-electron chi connectivity index (χ4n) is 3.17. The molecule has 0 radical (unpaired) electrons. The van der Waals surface area contributed by atoms with Gasteiger partial charge in [0.05, 0.1) is 17.8 Å². The molecule has 1 saturated heterocycles. The number of carbonyl (C=O) groups excluding carboxylic acids is 1. The third-order valence-electron chi connectivity index (χ3n) is 4.41. The Bertz CT molecular complexity index is 685. The number of ether oxygens (including phenoxy) is 1. The second-order valence-electron chi connectivity index (χ2n) is 5.81. The van der Waals surface area contributed by atoms with E-state index in [0.29, 0.717) is 0 Å². The largest absolute Gasteiger partial charge is 0.468 e. The Morgan fingerprint density at radius 1 is 1.00 bits per heavy atom. The van der Waals surface area contributed by atoms with Crippen LogP contribution in [-0.4, -0.2) is 44.2 Å². The molecule has 0 bridgehead atoms. The number of hydrogen-bond donors (Lipinski definition) is 0. The minimum atomic E-state index is -0.357. The Morgan fingerprint density at radius 2 is 1.62 bits per heavy atom. The molecular weight excluding hydrogens is 324 g/mol. The fourth-order valence-corrected chi connectivity index (χ4v) is 3.43. The van der Waals surface area contributed by atoms with Crippen LogP contribution in [0.3, 0.4) is 0 Å². The smallest absolute Gasteiger partial charge is 0.327 e. The topological polar surface area (TPSA) is 32.8 Å². The maximum atomic E-state index is 12.3. The quantitative estimate of drug-likeness (QED) is 0.796. The number of esters is 1. The van der Waals surface area contributed by atoms with Crippen molar-refractivity contribution < 1.29 is 9.53 Å². The minimum absolute atomic E-state index is 0.215. The van der Waals surface area contributed by atoms with Gasteiger partial charge in [0, 0.05) is 26.2 Å². The van der Waals surface area contributed by atoms with E-state index in [1.54, 1.807) is 0 Å². The number of nitrogens with zero attached hydrogens (tertiary/aromatic N) is 2. The zero-order valence-corrected chi connectivity index (χ0v) is 14.4. The average Bonchev–Trinajstić information content (AvgIpc) is 2.64. The van der Waals surface area contributed by atoms with Gasteiger partial charge in [-0.2, -0.15) is 0 Å². The molecule has 0 unspecified atom stereocenters. The van der Waals surface area contributed by atoms with Crippen LogP contribution >= 0.6 is 11.6 Å². The van der Waals surface area contributed by atoms with Crippen molar-refractivity contribution in [3.8, 4) is 0 Å². The molecule has 2 aromatic carbocycles. The number of para-hydroxylation sites is 1. The first kappa shape index (κ1) is 16.8. The SMILES string of the molecule is COC(=O)[C@H](c1ccccc1)N1CCN(c2ccccc2Cl)CC1. The minimum Gasteiger partial charge on any atom is -0.468 e. The highest BCUT2D eigenvalue weighted by atomic mass is 35.5. The summed E-state index contributed by atoms with van der Waals surface area (Å²) >= 11 is 6.30. The number of carbonyl (C=O) groups is 1. The van der Waals surface area contributed by atoms with Gasteiger partial charge in [-0.3, -0.25) is 4.90 Å². The lowest BCUT2D eigenvalue weighted by molar-refractivity contribution is -0.147. The molecule has 126 valence electrons. The van der Waals surface area contributed by atoms with Gasteiger partial charge >= 0.3 is 5.97 Å². The summed E-state index contributed by atoms with van der Waals surface area (Å²) in [4.78, 5) is 16.8. The molecule has 3 rings (SSSR count). The Labute approximate surface area is 147 Å². The fraction of sp³-hybridized carbons (Fsp3) is 0.316. The van der Waals surface area contributed by atoms with E-state index in [0.717, 1.165) is 42.5 Å². The molecule has 2 aromatic rings. The van der Waals surface area contributed by atoms with E-state index < -0.39 is 0 Å². The first-order valence-corrected chi connectivity index (χ1v) is 8.45. The van der Waals surface area contributed by atoms with Crippen LogP contribution in [0.4, 0.5) is 5.69 Å². The molecule has 5 heteroatoms. The third-order valence-corrected chi connectivity index (χ3v) is 4.73. The van der Waals surface area contributed by atoms with E-state index in [2.05, 4.69) is 9.80 Å². The number of anilines is 1. The second-order valence-corrected chi connectivity index (χ2v) is 6.22. The van der Waals surface area contributed by atoms with Crippen LogP contribution in [0.15, 0.2) is 54.6 Å². The average molecular weight is 345 g/mol. The summed E-state index contributed by atoms with van der Waals surface area (Å²) in [6.07, 6.45) is 0. The molecular formula is C19H21ClN2O2. The van der Waals surface area contributed by atoms with Gasteiger partial charge in [0.2, 0.25) is 0 Å². The molecule has 24 heavy (non-hydrogen) atoms. The van der Waals surface area contributed by atoms with E-state index in [1.807, 2.05) is 54.6 Å². The van der Waals surface area contributed by atoms with Gasteiger partial charge in [0.1, 0.15) is 6.04 Å². The molecule has 0 saturated carbocycles. The summed E-state index contributed by atoms with van der Waals surface area (Å²) in [6.45, 7) is 3.20. The van der Waals surface area contributed by atoms with E-state index in [-0.39, 0.29) is 12.0 Å². The van der Waals surface area contributed by atoms with Crippen molar-refractivity contribution in [3.63, 3.8) is 0 Å². The van der Waals surface area contributed by atoms with Crippen LogP contribution in [0.25, 0.3) is 0 Å². The van der Waals surface area contributed by atoms with Crippen molar-refractivity contribution in [1.82, 2.24) is 4.90 Å². The summed E-state index contributed by atoms with van der Waals surface area (Å²) in [6, 6.07) is 17.3. The Hall–Kier alpha value is -2.04. The van der Waals surface area contributed by atoms with Gasteiger partial charge in [-0.15, -0.1) is 0 Å². The van der Waals surface area contributed by atoms with Crippen molar-refractivity contribution in [2.24, 2.45) is 0 Å². The van der Waals surface area contributed by atoms with E-state index in [1.165, 1.54) is 7.11 Å². The van der Waals surface area contributed by atoms with Crippen molar-refractivity contribution >= 4 is 23.3 Å². The molecule has 4 nitrogen and oxygen atoms in total. The number of hydrogen-bond acceptors (Lipinski definition) is 4. The lowest BCUT2D eigenvalue weighted by Gasteiger charge is -2.39. The molecule has 1 heterocycles. The summed E-state index contributed by atoms with van der Waals surface area (Å²) < 4.78 is 5.04. The molecule has 0 aromatic heterocycles. The van der Waals surface area contributed by atoms with Gasteiger partial charge < -0.3 is 9.64 Å². The Balaban J connectivity index is 1.74. The predicted octanol–water partition coefficient (Wildman–Crippen LogP) is 3.38. The number of piperazine rings is 1. The molecule has 1 atom stereocenters. The number of methoxy groups -OCH3 is 1. The lowest BCUT2D eigenvalue weighted by Crippen LogP contribution is -2.49. The Kier molecular flexibility index (Phi) is 5.38. The summed E-state index contributed by atoms with van der Waals surface area (Å²) in [5.74, 6) is -0.215. The number of halogens is 1. The third kappa shape index (κ3) is 3.55. The second kappa shape index (κ2) is 7.69. The highest BCUT2D eigenvalue weighted by Gasteiger charge is 2.31. The number of benzene rings is 2. The van der Waals surface area contributed by atoms with Gasteiger partial charge in [-0.1, -0.05) is 54.1 Å². The first-order chi connectivity index (χ1) is 11.7. The zero-order chi connectivity index (χ0) is 16.9. The van der Waals surface area contributed by atoms with Crippen molar-refractivity contribution in [1.29, 1.82) is 0 Å². The van der Waals surface area contributed by atoms with Gasteiger partial charge in [-0.25, -0.2) is 4.79 Å². The van der Waals surface area contributed by atoms with Crippen LogP contribution in [0, 0.1) is 0 Å². The van der Waals surface area contributed by atoms with Crippen LogP contribution in [0.1, 0.15) is 11.6 Å². The van der Waals surface area contributed by atoms with Gasteiger partial charge in [0.15, 0.2) is 0 Å². The number of rotatable bonds is 4. The summed E-state index contributed by atoms with van der Waals surface area (Å²) in [7, 11) is 1.44. The molecule has 0 spiro atoms. The zero-order valence-electron chi connectivity index (χ0n) is 13.7. The van der Waals surface area contributed by atoms with Crippen molar-refractivity contribution in [3.05, 3.63) is 65.2 Å². The highest BCUT2D eigenvalue weighted by Crippen LogP contribution is 2.29. The van der Waals surface area contributed by atoms with Crippen LogP contribution in [0.2, 0.25) is 5.02 Å². The monoisotopic (exact) mass is 344 g/mol. The first-order valence-electron chi connectivity index (χ1n) is 8.07. The molecule has 1 aliphatic heterocycles. The van der Waals surface area contributed by atoms with E-state index >= 15 is 0 Å².